The molecule has 1 aliphatic heterocycles. The second kappa shape index (κ2) is 10.1. The number of rotatable bonds is 4. The van der Waals surface area contributed by atoms with Gasteiger partial charge < -0.3 is 21.3 Å². The molecule has 5 rings (SSSR count). The lowest BCUT2D eigenvalue weighted by molar-refractivity contribution is -0.137. The lowest BCUT2D eigenvalue weighted by Crippen LogP contribution is -2.47. The van der Waals surface area contributed by atoms with E-state index in [1.54, 1.807) is 4.90 Å². The van der Waals surface area contributed by atoms with Crippen LogP contribution in [0.25, 0.3) is 16.6 Å². The molecule has 1 fully saturated rings. The number of carbonyl (C=O) groups is 2. The number of piperazine rings is 1. The molecule has 0 atom stereocenters. The number of nitrogens with two attached hydrogens (primary N) is 2. The van der Waals surface area contributed by atoms with E-state index in [0.29, 0.717) is 42.7 Å². The van der Waals surface area contributed by atoms with Crippen LogP contribution in [0.15, 0.2) is 54.9 Å². The van der Waals surface area contributed by atoms with Gasteiger partial charge in [-0.05, 0) is 49.0 Å². The number of halogens is 4. The average molecular weight is 557 g/mol. The maximum Gasteiger partial charge on any atom is 0.416 e. The van der Waals surface area contributed by atoms with Gasteiger partial charge in [-0.25, -0.2) is 18.7 Å². The van der Waals surface area contributed by atoms with E-state index in [2.05, 4.69) is 15.0 Å². The normalized spacial score (nSPS) is 14.5. The van der Waals surface area contributed by atoms with Crippen LogP contribution in [-0.2, 0) is 6.18 Å². The van der Waals surface area contributed by atoms with E-state index < -0.39 is 23.6 Å². The van der Waals surface area contributed by atoms with Gasteiger partial charge in [-0.2, -0.15) is 18.3 Å². The van der Waals surface area contributed by atoms with E-state index in [1.165, 1.54) is 35.1 Å². The highest BCUT2D eigenvalue weighted by molar-refractivity contribution is 6.01. The summed E-state index contributed by atoms with van der Waals surface area (Å²) in [5, 5.41) is 4.19. The van der Waals surface area contributed by atoms with Crippen molar-refractivity contribution in [2.45, 2.75) is 6.18 Å². The Morgan fingerprint density at radius 3 is 2.40 bits per heavy atom. The molecule has 4 N–H and O–H groups in total. The number of anilines is 3. The van der Waals surface area contributed by atoms with Crippen LogP contribution in [0.2, 0.25) is 0 Å². The Kier molecular flexibility index (Phi) is 6.79. The molecule has 0 spiro atoms. The zero-order valence-corrected chi connectivity index (χ0v) is 21.2. The molecule has 10 nitrogen and oxygen atoms in total. The van der Waals surface area contributed by atoms with Crippen molar-refractivity contribution in [2.24, 2.45) is 5.73 Å². The minimum Gasteiger partial charge on any atom is -0.382 e. The first kappa shape index (κ1) is 26.9. The standard InChI is InChI=1S/C26H24F4N8O2/c1-35-7-9-36(10-8-35)24(39)21-13-18(22-23(31)33-14-34-38(21)22)15-5-6-20(19(27)11-15)37(25(32)40)17-4-2-3-16(12-17)26(28,29)30/h2-6,11-14H,7-10H2,1H3,(H2,32,40)(H2,31,33,34). The molecular weight excluding hydrogens is 532 g/mol. The number of hydrogen-bond acceptors (Lipinski definition) is 6. The first-order valence-electron chi connectivity index (χ1n) is 12.1. The predicted molar refractivity (Wildman–Crippen MR) is 139 cm³/mol. The number of carbonyl (C=O) groups excluding carboxylic acids is 2. The summed E-state index contributed by atoms with van der Waals surface area (Å²) in [5.74, 6) is -1.18. The van der Waals surface area contributed by atoms with Crippen LogP contribution in [0.5, 0.6) is 0 Å². The number of likely N-dealkylation sites (N-methyl/N-ethyl adjacent to an activating group) is 1. The molecule has 2 aromatic carbocycles. The van der Waals surface area contributed by atoms with Crippen LogP contribution in [0.4, 0.5) is 39.5 Å². The van der Waals surface area contributed by atoms with Crippen molar-refractivity contribution < 1.29 is 27.2 Å². The highest BCUT2D eigenvalue weighted by atomic mass is 19.4. The van der Waals surface area contributed by atoms with Crippen molar-refractivity contribution >= 4 is 34.6 Å². The number of nitrogen functional groups attached to an aromatic ring is 1. The molecule has 0 unspecified atom stereocenters. The summed E-state index contributed by atoms with van der Waals surface area (Å²) in [5.41, 5.74) is 11.0. The Morgan fingerprint density at radius 2 is 1.75 bits per heavy atom. The van der Waals surface area contributed by atoms with E-state index in [9.17, 15) is 22.8 Å². The van der Waals surface area contributed by atoms with Crippen molar-refractivity contribution in [3.8, 4) is 11.1 Å². The summed E-state index contributed by atoms with van der Waals surface area (Å²) >= 11 is 0. The van der Waals surface area contributed by atoms with Crippen LogP contribution in [0, 0.1) is 5.82 Å². The number of hydrogen-bond donors (Lipinski definition) is 2. The lowest BCUT2D eigenvalue weighted by atomic mass is 10.0. The van der Waals surface area contributed by atoms with Crippen LogP contribution in [-0.4, -0.2) is 69.6 Å². The molecule has 1 aliphatic rings. The van der Waals surface area contributed by atoms with Crippen molar-refractivity contribution in [2.75, 3.05) is 43.9 Å². The van der Waals surface area contributed by atoms with Gasteiger partial charge in [-0.3, -0.25) is 9.69 Å². The van der Waals surface area contributed by atoms with E-state index in [1.807, 2.05) is 7.05 Å². The Hall–Kier alpha value is -4.72. The van der Waals surface area contributed by atoms with Gasteiger partial charge in [0, 0.05) is 31.7 Å². The summed E-state index contributed by atoms with van der Waals surface area (Å²) in [6, 6.07) is 7.91. The lowest BCUT2D eigenvalue weighted by Gasteiger charge is -2.32. The maximum atomic E-state index is 15.5. The third-order valence-corrected chi connectivity index (χ3v) is 6.74. The monoisotopic (exact) mass is 556 g/mol. The topological polar surface area (TPSA) is 126 Å². The molecule has 4 aromatic rings. The van der Waals surface area contributed by atoms with Crippen LogP contribution in [0.1, 0.15) is 16.1 Å². The van der Waals surface area contributed by atoms with Gasteiger partial charge in [0.05, 0.1) is 16.9 Å². The maximum absolute atomic E-state index is 15.5. The molecule has 2 aromatic heterocycles. The fraction of sp³-hybridized carbons (Fsp3) is 0.231. The number of nitrogens with zero attached hydrogens (tertiary/aromatic N) is 6. The molecule has 3 amide bonds. The summed E-state index contributed by atoms with van der Waals surface area (Å²) in [6.07, 6.45) is -3.48. The number of urea groups is 1. The summed E-state index contributed by atoms with van der Waals surface area (Å²) in [4.78, 5) is 34.1. The van der Waals surface area contributed by atoms with Gasteiger partial charge in [-0.15, -0.1) is 0 Å². The number of primary amides is 1. The van der Waals surface area contributed by atoms with Crippen molar-refractivity contribution in [1.29, 1.82) is 0 Å². The minimum absolute atomic E-state index is 0.0506. The highest BCUT2D eigenvalue weighted by Crippen LogP contribution is 2.37. The van der Waals surface area contributed by atoms with Crippen molar-refractivity contribution in [1.82, 2.24) is 24.4 Å². The zero-order valence-electron chi connectivity index (χ0n) is 21.2. The Balaban J connectivity index is 1.57. The molecule has 0 saturated carbocycles. The van der Waals surface area contributed by atoms with E-state index >= 15 is 4.39 Å². The van der Waals surface area contributed by atoms with Gasteiger partial charge in [0.15, 0.2) is 5.82 Å². The fourth-order valence-electron chi connectivity index (χ4n) is 4.67. The zero-order chi connectivity index (χ0) is 28.8. The number of alkyl halides is 3. The first-order valence-corrected chi connectivity index (χ1v) is 12.1. The van der Waals surface area contributed by atoms with Gasteiger partial charge in [0.2, 0.25) is 0 Å². The first-order chi connectivity index (χ1) is 19.0. The summed E-state index contributed by atoms with van der Waals surface area (Å²) < 4.78 is 56.6. The molecule has 14 heteroatoms. The molecular formula is C26H24F4N8O2. The molecule has 3 heterocycles. The Morgan fingerprint density at radius 1 is 1.02 bits per heavy atom. The number of fused-ring (bicyclic) bond motifs is 1. The SMILES string of the molecule is CN1CCN(C(=O)c2cc(-c3ccc(N(C(N)=O)c4cccc(C(F)(F)F)c4)c(F)c3)c3c(N)ncnn23)CC1. The smallest absolute Gasteiger partial charge is 0.382 e. The number of amides is 3. The van der Waals surface area contributed by atoms with Crippen LogP contribution in [0.3, 0.4) is 0 Å². The number of benzene rings is 2. The molecule has 208 valence electrons. The van der Waals surface area contributed by atoms with Gasteiger partial charge >= 0.3 is 12.2 Å². The fourth-order valence-corrected chi connectivity index (χ4v) is 4.67. The molecule has 0 aliphatic carbocycles. The molecule has 0 bridgehead atoms. The highest BCUT2D eigenvalue weighted by Gasteiger charge is 2.32. The van der Waals surface area contributed by atoms with E-state index in [0.717, 1.165) is 18.2 Å². The quantitative estimate of drug-likeness (QED) is 0.369. The van der Waals surface area contributed by atoms with Crippen LogP contribution >= 0.6 is 0 Å². The average Bonchev–Trinajstić information content (AvgIpc) is 3.30. The summed E-state index contributed by atoms with van der Waals surface area (Å²) in [7, 11) is 1.96. The Bertz CT molecular complexity index is 1610. The van der Waals surface area contributed by atoms with Gasteiger partial charge in [-0.1, -0.05) is 12.1 Å². The molecule has 1 saturated heterocycles. The van der Waals surface area contributed by atoms with E-state index in [4.69, 9.17) is 11.5 Å². The third-order valence-electron chi connectivity index (χ3n) is 6.74. The molecule has 0 radical (unpaired) electrons. The minimum atomic E-state index is -4.68. The summed E-state index contributed by atoms with van der Waals surface area (Å²) in [6.45, 7) is 2.43. The van der Waals surface area contributed by atoms with Gasteiger partial charge in [0.25, 0.3) is 5.91 Å². The second-order valence-electron chi connectivity index (χ2n) is 9.33. The van der Waals surface area contributed by atoms with Gasteiger partial charge in [0.1, 0.15) is 23.4 Å². The number of aromatic nitrogens is 3. The van der Waals surface area contributed by atoms with Crippen molar-refractivity contribution in [3.63, 3.8) is 0 Å². The largest absolute Gasteiger partial charge is 0.416 e. The predicted octanol–water partition coefficient (Wildman–Crippen LogP) is 3.74. The third kappa shape index (κ3) is 4.88. The molecule has 40 heavy (non-hydrogen) atoms. The van der Waals surface area contributed by atoms with Crippen molar-refractivity contribution in [3.05, 3.63) is 71.9 Å². The Labute approximate surface area is 225 Å². The van der Waals surface area contributed by atoms with E-state index in [-0.39, 0.29) is 39.9 Å². The second-order valence-corrected chi connectivity index (χ2v) is 9.33. The van der Waals surface area contributed by atoms with Crippen LogP contribution < -0.4 is 16.4 Å².